The van der Waals surface area contributed by atoms with Crippen molar-refractivity contribution in [2.24, 2.45) is 5.41 Å². The van der Waals surface area contributed by atoms with Gasteiger partial charge in [0.25, 0.3) is 5.91 Å². The summed E-state index contributed by atoms with van der Waals surface area (Å²) in [4.78, 5) is 19.3. The van der Waals surface area contributed by atoms with Gasteiger partial charge < -0.3 is 21.3 Å². The van der Waals surface area contributed by atoms with E-state index in [1.807, 2.05) is 24.3 Å². The van der Waals surface area contributed by atoms with Crippen LogP contribution in [0.1, 0.15) is 36.0 Å². The third kappa shape index (κ3) is 3.90. The smallest absolute Gasteiger partial charge is 0.257 e. The first-order valence-electron chi connectivity index (χ1n) is 9.73. The highest BCUT2D eigenvalue weighted by atomic mass is 16.1. The Balaban J connectivity index is 1.38. The van der Waals surface area contributed by atoms with Crippen LogP contribution in [0.25, 0.3) is 0 Å². The van der Waals surface area contributed by atoms with Crippen LogP contribution < -0.4 is 21.3 Å². The van der Waals surface area contributed by atoms with Crippen molar-refractivity contribution < 1.29 is 4.79 Å². The molecule has 27 heavy (non-hydrogen) atoms. The summed E-state index contributed by atoms with van der Waals surface area (Å²) in [6.45, 7) is 4.38. The fourth-order valence-corrected chi connectivity index (χ4v) is 4.18. The second-order valence-electron chi connectivity index (χ2n) is 7.68. The maximum absolute atomic E-state index is 12.4. The number of nitrogens with two attached hydrogens (primary N) is 1. The normalized spacial score (nSPS) is 19.0. The van der Waals surface area contributed by atoms with Crippen LogP contribution in [0.15, 0.2) is 42.6 Å². The summed E-state index contributed by atoms with van der Waals surface area (Å²) in [5, 5.41) is 6.31. The molecule has 2 fully saturated rings. The van der Waals surface area contributed by atoms with Gasteiger partial charge >= 0.3 is 0 Å². The molecule has 0 saturated carbocycles. The van der Waals surface area contributed by atoms with Gasteiger partial charge in [-0.2, -0.15) is 0 Å². The zero-order valence-electron chi connectivity index (χ0n) is 15.6. The van der Waals surface area contributed by atoms with Gasteiger partial charge in [-0.3, -0.25) is 4.79 Å². The van der Waals surface area contributed by atoms with Crippen molar-refractivity contribution in [1.82, 2.24) is 10.3 Å². The molecule has 2 aliphatic heterocycles. The topological polar surface area (TPSA) is 83.3 Å². The monoisotopic (exact) mass is 365 g/mol. The van der Waals surface area contributed by atoms with Crippen LogP contribution in [0.4, 0.5) is 17.2 Å². The molecule has 2 aliphatic rings. The Hall–Kier alpha value is -2.60. The van der Waals surface area contributed by atoms with Gasteiger partial charge in [-0.25, -0.2) is 4.98 Å². The van der Waals surface area contributed by atoms with E-state index in [2.05, 4.69) is 20.5 Å². The van der Waals surface area contributed by atoms with Crippen LogP contribution in [0.5, 0.6) is 0 Å². The number of nitrogens with zero attached hydrogens (tertiary/aromatic N) is 2. The molecule has 0 aliphatic carbocycles. The molecule has 3 heterocycles. The highest BCUT2D eigenvalue weighted by Gasteiger charge is 2.35. The molecule has 1 aromatic heterocycles. The molecule has 2 aromatic rings. The van der Waals surface area contributed by atoms with Gasteiger partial charge in [-0.05, 0) is 68.5 Å². The number of piperidine rings is 2. The maximum atomic E-state index is 12.4. The average molecular weight is 365 g/mol. The third-order valence-corrected chi connectivity index (χ3v) is 6.03. The molecule has 1 amide bonds. The number of pyridine rings is 1. The molecule has 6 nitrogen and oxygen atoms in total. The second kappa shape index (κ2) is 7.56. The predicted octanol–water partition coefficient (Wildman–Crippen LogP) is 2.89. The van der Waals surface area contributed by atoms with Gasteiger partial charge in [0, 0.05) is 19.3 Å². The number of carbonyl (C=O) groups is 1. The SMILES string of the molecule is Nc1ccccc1NC(=O)c1ccc(N2CCC3(CCNCC3)CC2)nc1. The lowest BCUT2D eigenvalue weighted by Crippen LogP contribution is -2.45. The molecule has 142 valence electrons. The molecule has 0 radical (unpaired) electrons. The van der Waals surface area contributed by atoms with Gasteiger partial charge in [-0.1, -0.05) is 12.1 Å². The highest BCUT2D eigenvalue weighted by molar-refractivity contribution is 6.05. The lowest BCUT2D eigenvalue weighted by atomic mass is 9.71. The van der Waals surface area contributed by atoms with Crippen molar-refractivity contribution in [3.8, 4) is 0 Å². The van der Waals surface area contributed by atoms with Crippen LogP contribution in [0, 0.1) is 5.41 Å². The summed E-state index contributed by atoms with van der Waals surface area (Å²) in [6, 6.07) is 11.0. The Morgan fingerprint density at radius 3 is 2.48 bits per heavy atom. The van der Waals surface area contributed by atoms with Crippen molar-refractivity contribution in [1.29, 1.82) is 0 Å². The zero-order valence-corrected chi connectivity index (χ0v) is 15.6. The standard InChI is InChI=1S/C21H27N5O/c22-17-3-1-2-4-18(17)25-20(27)16-5-6-19(24-15-16)26-13-9-21(10-14-26)7-11-23-12-8-21/h1-6,15,23H,7-14,22H2,(H,25,27). The molecular formula is C21H27N5O. The number of nitrogens with one attached hydrogen (secondary N) is 2. The minimum absolute atomic E-state index is 0.195. The van der Waals surface area contributed by atoms with Crippen molar-refractivity contribution in [2.45, 2.75) is 25.7 Å². The van der Waals surface area contributed by atoms with E-state index in [9.17, 15) is 4.79 Å². The van der Waals surface area contributed by atoms with Crippen LogP contribution >= 0.6 is 0 Å². The van der Waals surface area contributed by atoms with E-state index in [4.69, 9.17) is 5.73 Å². The first-order valence-corrected chi connectivity index (χ1v) is 9.73. The minimum Gasteiger partial charge on any atom is -0.397 e. The zero-order chi connectivity index (χ0) is 18.7. The molecule has 6 heteroatoms. The van der Waals surface area contributed by atoms with Gasteiger partial charge in [0.1, 0.15) is 5.82 Å². The molecule has 2 saturated heterocycles. The molecule has 0 bridgehead atoms. The Morgan fingerprint density at radius 2 is 1.81 bits per heavy atom. The van der Waals surface area contributed by atoms with Crippen molar-refractivity contribution >= 4 is 23.1 Å². The third-order valence-electron chi connectivity index (χ3n) is 6.03. The fourth-order valence-electron chi connectivity index (χ4n) is 4.18. The lowest BCUT2D eigenvalue weighted by Gasteiger charge is -2.44. The second-order valence-corrected chi connectivity index (χ2v) is 7.68. The number of anilines is 3. The summed E-state index contributed by atoms with van der Waals surface area (Å²) < 4.78 is 0. The predicted molar refractivity (Wildman–Crippen MR) is 109 cm³/mol. The lowest BCUT2D eigenvalue weighted by molar-refractivity contribution is 0.102. The number of para-hydroxylation sites is 2. The Morgan fingerprint density at radius 1 is 1.07 bits per heavy atom. The number of hydrogen-bond acceptors (Lipinski definition) is 5. The summed E-state index contributed by atoms with van der Waals surface area (Å²) in [6.07, 6.45) is 6.68. The van der Waals surface area contributed by atoms with Crippen molar-refractivity contribution in [2.75, 3.05) is 42.1 Å². The van der Waals surface area contributed by atoms with Gasteiger partial charge in [0.05, 0.1) is 16.9 Å². The number of rotatable bonds is 3. The number of carbonyl (C=O) groups excluding carboxylic acids is 1. The number of amides is 1. The molecule has 1 aromatic carbocycles. The number of aromatic nitrogens is 1. The van der Waals surface area contributed by atoms with E-state index < -0.39 is 0 Å². The van der Waals surface area contributed by atoms with Crippen molar-refractivity contribution in [3.63, 3.8) is 0 Å². The van der Waals surface area contributed by atoms with E-state index in [0.29, 0.717) is 22.4 Å². The molecule has 4 N–H and O–H groups in total. The Bertz CT molecular complexity index is 788. The van der Waals surface area contributed by atoms with Crippen LogP contribution in [0.2, 0.25) is 0 Å². The molecule has 0 atom stereocenters. The van der Waals surface area contributed by atoms with E-state index in [1.165, 1.54) is 25.7 Å². The van der Waals surface area contributed by atoms with Crippen LogP contribution in [-0.2, 0) is 0 Å². The number of hydrogen-bond donors (Lipinski definition) is 3. The number of nitrogen functional groups attached to an aromatic ring is 1. The van der Waals surface area contributed by atoms with Crippen LogP contribution in [0.3, 0.4) is 0 Å². The molecule has 1 spiro atoms. The Labute approximate surface area is 160 Å². The summed E-state index contributed by atoms with van der Waals surface area (Å²) in [5.74, 6) is 0.758. The Kier molecular flexibility index (Phi) is 4.99. The van der Waals surface area contributed by atoms with Gasteiger partial charge in [0.2, 0.25) is 0 Å². The van der Waals surface area contributed by atoms with Gasteiger partial charge in [0.15, 0.2) is 0 Å². The molecule has 0 unspecified atom stereocenters. The largest absolute Gasteiger partial charge is 0.397 e. The van der Waals surface area contributed by atoms with E-state index in [-0.39, 0.29) is 5.91 Å². The van der Waals surface area contributed by atoms with Crippen LogP contribution in [-0.4, -0.2) is 37.1 Å². The molecule has 4 rings (SSSR count). The summed E-state index contributed by atoms with van der Waals surface area (Å²) in [5.41, 5.74) is 8.12. The van der Waals surface area contributed by atoms with Gasteiger partial charge in [-0.15, -0.1) is 0 Å². The first-order chi connectivity index (χ1) is 13.2. The van der Waals surface area contributed by atoms with E-state index in [0.717, 1.165) is 32.0 Å². The first kappa shape index (κ1) is 17.8. The van der Waals surface area contributed by atoms with Crippen molar-refractivity contribution in [3.05, 3.63) is 48.2 Å². The van der Waals surface area contributed by atoms with E-state index >= 15 is 0 Å². The maximum Gasteiger partial charge on any atom is 0.257 e. The average Bonchev–Trinajstić information content (AvgIpc) is 2.71. The fraction of sp³-hybridized carbons (Fsp3) is 0.429. The minimum atomic E-state index is -0.195. The number of benzene rings is 1. The summed E-state index contributed by atoms with van der Waals surface area (Å²) in [7, 11) is 0. The van der Waals surface area contributed by atoms with E-state index in [1.54, 1.807) is 18.3 Å². The highest BCUT2D eigenvalue weighted by Crippen LogP contribution is 2.40. The quantitative estimate of drug-likeness (QED) is 0.729. The summed E-state index contributed by atoms with van der Waals surface area (Å²) >= 11 is 0. The molecular weight excluding hydrogens is 338 g/mol.